The number of aromatic nitrogens is 2. The number of hydrogen-bond acceptors (Lipinski definition) is 3. The number of carboxylic acid groups (broad SMARTS) is 1. The molecule has 2 aromatic rings. The number of carboxylic acids is 1. The van der Waals surface area contributed by atoms with Crippen molar-refractivity contribution in [3.63, 3.8) is 0 Å². The van der Waals surface area contributed by atoms with Crippen molar-refractivity contribution in [3.05, 3.63) is 29.6 Å². The molecule has 102 valence electrons. The first-order chi connectivity index (χ1) is 8.86. The van der Waals surface area contributed by atoms with E-state index in [-0.39, 0.29) is 17.9 Å². The molecule has 0 fully saturated rings. The van der Waals surface area contributed by atoms with Crippen LogP contribution in [0, 0.1) is 0 Å². The first-order valence-electron chi connectivity index (χ1n) is 5.21. The number of ether oxygens (including phenoxy) is 1. The lowest BCUT2D eigenvalue weighted by Crippen LogP contribution is -2.07. The van der Waals surface area contributed by atoms with Gasteiger partial charge in [-0.25, -0.2) is 9.78 Å². The fourth-order valence-electron chi connectivity index (χ4n) is 1.54. The Hall–Kier alpha value is -2.09. The van der Waals surface area contributed by atoms with Crippen LogP contribution in [-0.2, 0) is 22.3 Å². The third-order valence-corrected chi connectivity index (χ3v) is 2.32. The molecule has 0 atom stereocenters. The van der Waals surface area contributed by atoms with Crippen molar-refractivity contribution in [2.75, 3.05) is 6.61 Å². The molecule has 0 aliphatic carbocycles. The second-order valence-electron chi connectivity index (χ2n) is 3.80. The first-order valence-corrected chi connectivity index (χ1v) is 5.21. The predicted octanol–water partition coefficient (Wildman–Crippen LogP) is 2.18. The van der Waals surface area contributed by atoms with Gasteiger partial charge in [-0.05, 0) is 18.2 Å². The number of hydrogen-bond donors (Lipinski definition) is 2. The maximum Gasteiger partial charge on any atom is 0.416 e. The zero-order valence-electron chi connectivity index (χ0n) is 9.49. The molecule has 0 aliphatic heterocycles. The van der Waals surface area contributed by atoms with Crippen LogP contribution < -0.4 is 0 Å². The highest BCUT2D eigenvalue weighted by molar-refractivity contribution is 5.76. The highest BCUT2D eigenvalue weighted by Crippen LogP contribution is 2.30. The van der Waals surface area contributed by atoms with Gasteiger partial charge < -0.3 is 14.8 Å². The van der Waals surface area contributed by atoms with Crippen LogP contribution in [0.25, 0.3) is 11.0 Å². The Balaban J connectivity index is 2.18. The van der Waals surface area contributed by atoms with Crippen molar-refractivity contribution in [1.29, 1.82) is 0 Å². The van der Waals surface area contributed by atoms with Gasteiger partial charge in [0.05, 0.1) is 16.6 Å². The highest BCUT2D eigenvalue weighted by atomic mass is 19.4. The number of nitrogens with zero attached hydrogens (tertiary/aromatic N) is 1. The Kier molecular flexibility index (Phi) is 3.43. The molecule has 0 saturated heterocycles. The average Bonchev–Trinajstić information content (AvgIpc) is 2.68. The number of fused-ring (bicyclic) bond motifs is 1. The summed E-state index contributed by atoms with van der Waals surface area (Å²) in [5.41, 5.74) is -0.188. The van der Waals surface area contributed by atoms with Crippen molar-refractivity contribution >= 4 is 17.0 Å². The number of halogens is 3. The monoisotopic (exact) mass is 274 g/mol. The smallest absolute Gasteiger partial charge is 0.416 e. The van der Waals surface area contributed by atoms with E-state index in [0.717, 1.165) is 12.1 Å². The van der Waals surface area contributed by atoms with Gasteiger partial charge in [0.1, 0.15) is 19.0 Å². The molecule has 0 aliphatic rings. The summed E-state index contributed by atoms with van der Waals surface area (Å²) in [6.07, 6.45) is -4.42. The summed E-state index contributed by atoms with van der Waals surface area (Å²) in [5, 5.41) is 8.38. The lowest BCUT2D eigenvalue weighted by Gasteiger charge is -2.05. The lowest BCUT2D eigenvalue weighted by atomic mass is 10.2. The third-order valence-electron chi connectivity index (χ3n) is 2.32. The molecule has 0 unspecified atom stereocenters. The molecule has 8 heteroatoms. The maximum atomic E-state index is 12.5. The van der Waals surface area contributed by atoms with Crippen LogP contribution in [0.3, 0.4) is 0 Å². The molecule has 0 bridgehead atoms. The summed E-state index contributed by atoms with van der Waals surface area (Å²) in [6.45, 7) is -0.604. The number of imidazole rings is 1. The summed E-state index contributed by atoms with van der Waals surface area (Å²) in [4.78, 5) is 16.9. The first kappa shape index (κ1) is 13.3. The van der Waals surface area contributed by atoms with E-state index in [4.69, 9.17) is 9.84 Å². The normalized spacial score (nSPS) is 11.9. The van der Waals surface area contributed by atoms with E-state index in [0.29, 0.717) is 5.52 Å². The van der Waals surface area contributed by atoms with Crippen molar-refractivity contribution < 1.29 is 27.8 Å². The Morgan fingerprint density at radius 2 is 2.16 bits per heavy atom. The van der Waals surface area contributed by atoms with Crippen molar-refractivity contribution in [1.82, 2.24) is 9.97 Å². The number of nitrogens with one attached hydrogen (secondary N) is 1. The summed E-state index contributed by atoms with van der Waals surface area (Å²) < 4.78 is 42.3. The molecule has 0 radical (unpaired) electrons. The van der Waals surface area contributed by atoms with Gasteiger partial charge in [-0.1, -0.05) is 0 Å². The maximum absolute atomic E-state index is 12.5. The van der Waals surface area contributed by atoms with Crippen LogP contribution in [0.1, 0.15) is 11.4 Å². The minimum atomic E-state index is -4.42. The van der Waals surface area contributed by atoms with E-state index >= 15 is 0 Å². The third kappa shape index (κ3) is 3.22. The van der Waals surface area contributed by atoms with E-state index in [2.05, 4.69) is 9.97 Å². The molecule has 1 aromatic heterocycles. The fraction of sp³-hybridized carbons (Fsp3) is 0.273. The Morgan fingerprint density at radius 3 is 2.79 bits per heavy atom. The number of alkyl halides is 3. The summed E-state index contributed by atoms with van der Waals surface area (Å²) in [7, 11) is 0. The van der Waals surface area contributed by atoms with Gasteiger partial charge in [0.2, 0.25) is 0 Å². The average molecular weight is 274 g/mol. The van der Waals surface area contributed by atoms with E-state index in [1.807, 2.05) is 0 Å². The van der Waals surface area contributed by atoms with Crippen molar-refractivity contribution in [3.8, 4) is 0 Å². The molecule has 2 rings (SSSR count). The SMILES string of the molecule is O=C(O)COCc1nc2ccc(C(F)(F)F)cc2[nH]1. The zero-order chi connectivity index (χ0) is 14.0. The Morgan fingerprint density at radius 1 is 1.42 bits per heavy atom. The van der Waals surface area contributed by atoms with Gasteiger partial charge in [-0.15, -0.1) is 0 Å². The molecule has 19 heavy (non-hydrogen) atoms. The zero-order valence-corrected chi connectivity index (χ0v) is 9.49. The van der Waals surface area contributed by atoms with Gasteiger partial charge in [-0.2, -0.15) is 13.2 Å². The molecule has 0 saturated carbocycles. The second kappa shape index (κ2) is 4.88. The van der Waals surface area contributed by atoms with Crippen molar-refractivity contribution in [2.24, 2.45) is 0 Å². The van der Waals surface area contributed by atoms with Gasteiger partial charge in [0.25, 0.3) is 0 Å². The number of aromatic amines is 1. The van der Waals surface area contributed by atoms with Crippen molar-refractivity contribution in [2.45, 2.75) is 12.8 Å². The minimum Gasteiger partial charge on any atom is -0.480 e. The molecule has 0 spiro atoms. The van der Waals surface area contributed by atoms with Crippen LogP contribution in [-0.4, -0.2) is 27.7 Å². The van der Waals surface area contributed by atoms with Crippen LogP contribution in [0.5, 0.6) is 0 Å². The summed E-state index contributed by atoms with van der Waals surface area (Å²) in [5.74, 6) is -0.856. The van der Waals surface area contributed by atoms with Crippen LogP contribution in [0.2, 0.25) is 0 Å². The predicted molar refractivity (Wildman–Crippen MR) is 58.4 cm³/mol. The molecule has 2 N–H and O–H groups in total. The van der Waals surface area contributed by atoms with E-state index < -0.39 is 24.3 Å². The number of benzene rings is 1. The summed E-state index contributed by atoms with van der Waals surface area (Å²) in [6, 6.07) is 3.13. The Labute approximate surface area is 105 Å². The molecule has 1 heterocycles. The number of H-pyrrole nitrogens is 1. The molecular weight excluding hydrogens is 265 g/mol. The largest absolute Gasteiger partial charge is 0.480 e. The highest BCUT2D eigenvalue weighted by Gasteiger charge is 2.30. The topological polar surface area (TPSA) is 75.2 Å². The standard InChI is InChI=1S/C11H9F3N2O3/c12-11(13,14)6-1-2-7-8(3-6)16-9(15-7)4-19-5-10(17)18/h1-3H,4-5H2,(H,15,16)(H,17,18). The van der Waals surface area contributed by atoms with Crippen LogP contribution in [0.4, 0.5) is 13.2 Å². The van der Waals surface area contributed by atoms with Gasteiger partial charge in [-0.3, -0.25) is 0 Å². The number of rotatable bonds is 4. The minimum absolute atomic E-state index is 0.109. The molecule has 1 aromatic carbocycles. The fourth-order valence-corrected chi connectivity index (χ4v) is 1.54. The number of carbonyl (C=O) groups is 1. The van der Waals surface area contributed by atoms with Crippen LogP contribution in [0.15, 0.2) is 18.2 Å². The lowest BCUT2D eigenvalue weighted by molar-refractivity contribution is -0.142. The Bertz CT molecular complexity index is 607. The number of aliphatic carboxylic acids is 1. The van der Waals surface area contributed by atoms with Gasteiger partial charge >= 0.3 is 12.1 Å². The van der Waals surface area contributed by atoms with Crippen LogP contribution >= 0.6 is 0 Å². The van der Waals surface area contributed by atoms with E-state index in [1.165, 1.54) is 6.07 Å². The molecule has 5 nitrogen and oxygen atoms in total. The van der Waals surface area contributed by atoms with Gasteiger partial charge in [0.15, 0.2) is 0 Å². The second-order valence-corrected chi connectivity index (χ2v) is 3.80. The van der Waals surface area contributed by atoms with Gasteiger partial charge in [0, 0.05) is 0 Å². The molecule has 0 amide bonds. The summed E-state index contributed by atoms with van der Waals surface area (Å²) >= 11 is 0. The molecular formula is C11H9F3N2O3. The quantitative estimate of drug-likeness (QED) is 0.896. The van der Waals surface area contributed by atoms with E-state index in [1.54, 1.807) is 0 Å². The van der Waals surface area contributed by atoms with E-state index in [9.17, 15) is 18.0 Å².